The van der Waals surface area contributed by atoms with Crippen LogP contribution in [0.1, 0.15) is 11.6 Å². The Labute approximate surface area is 88.4 Å². The van der Waals surface area contributed by atoms with Crippen molar-refractivity contribution in [1.29, 1.82) is 0 Å². The van der Waals surface area contributed by atoms with Crippen LogP contribution in [-0.4, -0.2) is 18.1 Å². The van der Waals surface area contributed by atoms with Crippen LogP contribution < -0.4 is 10.5 Å². The van der Waals surface area contributed by atoms with E-state index in [1.807, 2.05) is 0 Å². The lowest BCUT2D eigenvalue weighted by molar-refractivity contribution is -0.275. The molecule has 0 fully saturated rings. The second-order valence-corrected chi connectivity index (χ2v) is 3.00. The fourth-order valence-electron chi connectivity index (χ4n) is 1.13. The van der Waals surface area contributed by atoms with Gasteiger partial charge in [0.2, 0.25) is 0 Å². The van der Waals surface area contributed by atoms with Gasteiger partial charge in [-0.25, -0.2) is 4.39 Å². The molecular weight excluding hydrogens is 230 g/mol. The minimum absolute atomic E-state index is 0.135. The van der Waals surface area contributed by atoms with E-state index >= 15 is 0 Å². The number of alkyl halides is 4. The maximum atomic E-state index is 12.2. The molecule has 0 saturated heterocycles. The third-order valence-electron chi connectivity index (χ3n) is 1.82. The van der Waals surface area contributed by atoms with Crippen molar-refractivity contribution in [1.82, 2.24) is 0 Å². The van der Waals surface area contributed by atoms with Crippen LogP contribution in [0.25, 0.3) is 0 Å². The second kappa shape index (κ2) is 4.56. The Hall–Kier alpha value is -1.50. The predicted octanol–water partition coefficient (Wildman–Crippen LogP) is 2.26. The standard InChI is InChI=1S/C9H9F4NO2/c10-4-6(14)5-2-1-3-7(8(5)15)16-9(11,12)13/h1-3,6,15H,4,14H2/t6-/m1/s1. The number of hydrogen-bond donors (Lipinski definition) is 2. The van der Waals surface area contributed by atoms with Crippen molar-refractivity contribution in [3.63, 3.8) is 0 Å². The molecule has 0 unspecified atom stereocenters. The van der Waals surface area contributed by atoms with Gasteiger partial charge in [-0.1, -0.05) is 12.1 Å². The van der Waals surface area contributed by atoms with E-state index in [-0.39, 0.29) is 5.56 Å². The molecule has 0 aliphatic heterocycles. The zero-order valence-electron chi connectivity index (χ0n) is 7.96. The zero-order chi connectivity index (χ0) is 12.3. The number of para-hydroxylation sites is 1. The molecule has 0 bridgehead atoms. The predicted molar refractivity (Wildman–Crippen MR) is 47.7 cm³/mol. The summed E-state index contributed by atoms with van der Waals surface area (Å²) < 4.78 is 51.5. The van der Waals surface area contributed by atoms with Gasteiger partial charge in [-0.15, -0.1) is 13.2 Å². The smallest absolute Gasteiger partial charge is 0.504 e. The molecule has 0 saturated carbocycles. The Morgan fingerprint density at radius 2 is 2.00 bits per heavy atom. The molecule has 0 spiro atoms. The maximum Gasteiger partial charge on any atom is 0.573 e. The average molecular weight is 239 g/mol. The molecule has 0 heterocycles. The topological polar surface area (TPSA) is 55.5 Å². The first-order valence-corrected chi connectivity index (χ1v) is 4.24. The van der Waals surface area contributed by atoms with Crippen LogP contribution in [0, 0.1) is 0 Å². The summed E-state index contributed by atoms with van der Waals surface area (Å²) in [6, 6.07) is 2.14. The van der Waals surface area contributed by atoms with Crippen LogP contribution >= 0.6 is 0 Å². The van der Waals surface area contributed by atoms with Gasteiger partial charge in [-0.05, 0) is 6.07 Å². The monoisotopic (exact) mass is 239 g/mol. The van der Waals surface area contributed by atoms with Crippen LogP contribution in [0.4, 0.5) is 17.6 Å². The summed E-state index contributed by atoms with van der Waals surface area (Å²) in [6.07, 6.45) is -4.92. The first-order valence-electron chi connectivity index (χ1n) is 4.24. The van der Waals surface area contributed by atoms with Gasteiger partial charge in [-0.3, -0.25) is 0 Å². The molecule has 0 aliphatic carbocycles. The van der Waals surface area contributed by atoms with E-state index in [1.54, 1.807) is 0 Å². The van der Waals surface area contributed by atoms with Gasteiger partial charge in [0.15, 0.2) is 11.5 Å². The lowest BCUT2D eigenvalue weighted by Gasteiger charge is -2.14. The van der Waals surface area contributed by atoms with E-state index in [2.05, 4.69) is 4.74 Å². The molecule has 3 nitrogen and oxygen atoms in total. The fourth-order valence-corrected chi connectivity index (χ4v) is 1.13. The van der Waals surface area contributed by atoms with Gasteiger partial charge in [-0.2, -0.15) is 0 Å². The SMILES string of the molecule is N[C@H](CF)c1cccc(OC(F)(F)F)c1O. The fraction of sp³-hybridized carbons (Fsp3) is 0.333. The van der Waals surface area contributed by atoms with Crippen molar-refractivity contribution in [2.45, 2.75) is 12.4 Å². The molecule has 1 atom stereocenters. The number of aromatic hydroxyl groups is 1. The number of benzene rings is 1. The van der Waals surface area contributed by atoms with E-state index in [1.165, 1.54) is 12.1 Å². The number of hydrogen-bond acceptors (Lipinski definition) is 3. The quantitative estimate of drug-likeness (QED) is 0.795. The summed E-state index contributed by atoms with van der Waals surface area (Å²) in [5.74, 6) is -1.60. The molecule has 90 valence electrons. The molecule has 1 rings (SSSR count). The third-order valence-corrected chi connectivity index (χ3v) is 1.82. The molecule has 1 aromatic carbocycles. The summed E-state index contributed by atoms with van der Waals surface area (Å²) in [5, 5.41) is 9.38. The summed E-state index contributed by atoms with van der Waals surface area (Å²) in [7, 11) is 0. The van der Waals surface area contributed by atoms with Crippen molar-refractivity contribution in [3.8, 4) is 11.5 Å². The summed E-state index contributed by atoms with van der Waals surface area (Å²) in [4.78, 5) is 0. The minimum Gasteiger partial charge on any atom is -0.504 e. The number of ether oxygens (including phenoxy) is 1. The van der Waals surface area contributed by atoms with Crippen molar-refractivity contribution >= 4 is 0 Å². The molecule has 0 amide bonds. The van der Waals surface area contributed by atoms with Crippen molar-refractivity contribution in [3.05, 3.63) is 23.8 Å². The Morgan fingerprint density at radius 3 is 2.50 bits per heavy atom. The van der Waals surface area contributed by atoms with E-state index in [9.17, 15) is 22.7 Å². The number of phenolic OH excluding ortho intramolecular Hbond substituents is 1. The lowest BCUT2D eigenvalue weighted by atomic mass is 10.1. The highest BCUT2D eigenvalue weighted by molar-refractivity contribution is 5.46. The average Bonchev–Trinajstić information content (AvgIpc) is 2.18. The molecule has 0 aromatic heterocycles. The normalized spacial score (nSPS) is 13.6. The van der Waals surface area contributed by atoms with Gasteiger partial charge < -0.3 is 15.6 Å². The summed E-state index contributed by atoms with van der Waals surface area (Å²) >= 11 is 0. The van der Waals surface area contributed by atoms with Gasteiger partial charge in [0, 0.05) is 5.56 Å². The zero-order valence-corrected chi connectivity index (χ0v) is 7.96. The minimum atomic E-state index is -4.92. The molecule has 0 radical (unpaired) electrons. The highest BCUT2D eigenvalue weighted by Crippen LogP contribution is 2.36. The molecule has 1 aromatic rings. The van der Waals surface area contributed by atoms with Crippen LogP contribution in [0.5, 0.6) is 11.5 Å². The Morgan fingerprint density at radius 1 is 1.38 bits per heavy atom. The number of nitrogens with two attached hydrogens (primary N) is 1. The van der Waals surface area contributed by atoms with E-state index in [0.29, 0.717) is 0 Å². The lowest BCUT2D eigenvalue weighted by Crippen LogP contribution is -2.18. The highest BCUT2D eigenvalue weighted by atomic mass is 19.4. The van der Waals surface area contributed by atoms with E-state index in [0.717, 1.165) is 6.07 Å². The number of halogens is 4. The van der Waals surface area contributed by atoms with E-state index < -0.39 is 30.6 Å². The van der Waals surface area contributed by atoms with Crippen LogP contribution in [0.3, 0.4) is 0 Å². The molecule has 7 heteroatoms. The Bertz CT molecular complexity index is 367. The Balaban J connectivity index is 3.04. The van der Waals surface area contributed by atoms with Gasteiger partial charge in [0.05, 0.1) is 6.04 Å². The number of phenols is 1. The second-order valence-electron chi connectivity index (χ2n) is 3.00. The maximum absolute atomic E-state index is 12.2. The molecule has 16 heavy (non-hydrogen) atoms. The highest BCUT2D eigenvalue weighted by Gasteiger charge is 2.32. The molecule has 0 aliphatic rings. The van der Waals surface area contributed by atoms with Crippen LogP contribution in [0.15, 0.2) is 18.2 Å². The van der Waals surface area contributed by atoms with Gasteiger partial charge in [0.1, 0.15) is 6.67 Å². The summed E-state index contributed by atoms with van der Waals surface area (Å²) in [5.41, 5.74) is 5.12. The number of rotatable bonds is 3. The largest absolute Gasteiger partial charge is 0.573 e. The van der Waals surface area contributed by atoms with Crippen LogP contribution in [0.2, 0.25) is 0 Å². The van der Waals surface area contributed by atoms with Gasteiger partial charge >= 0.3 is 6.36 Å². The van der Waals surface area contributed by atoms with Crippen molar-refractivity contribution in [2.75, 3.05) is 6.67 Å². The van der Waals surface area contributed by atoms with Crippen molar-refractivity contribution in [2.24, 2.45) is 5.73 Å². The molecule has 3 N–H and O–H groups in total. The third kappa shape index (κ3) is 2.99. The van der Waals surface area contributed by atoms with E-state index in [4.69, 9.17) is 5.73 Å². The Kier molecular flexibility index (Phi) is 3.58. The van der Waals surface area contributed by atoms with Gasteiger partial charge in [0.25, 0.3) is 0 Å². The summed E-state index contributed by atoms with van der Waals surface area (Å²) in [6.45, 7) is -0.997. The van der Waals surface area contributed by atoms with Crippen molar-refractivity contribution < 1.29 is 27.4 Å². The first-order chi connectivity index (χ1) is 7.35. The molecular formula is C9H9F4NO2. The van der Waals surface area contributed by atoms with Crippen LogP contribution in [-0.2, 0) is 0 Å². The first kappa shape index (κ1) is 12.6.